The lowest BCUT2D eigenvalue weighted by molar-refractivity contribution is 0.624. The van der Waals surface area contributed by atoms with Gasteiger partial charge in [-0.2, -0.15) is 10.5 Å². The number of aromatic nitrogens is 1. The van der Waals surface area contributed by atoms with Crippen LogP contribution in [0.25, 0.3) is 32.9 Å². The van der Waals surface area contributed by atoms with Gasteiger partial charge < -0.3 is 0 Å². The van der Waals surface area contributed by atoms with Gasteiger partial charge >= 0.3 is 0 Å². The minimum Gasteiger partial charge on any atom is -0.247 e. The summed E-state index contributed by atoms with van der Waals surface area (Å²) < 4.78 is 14.2. The standard InChI is InChI=1S/C21H10FN3/c22-19-10-18(13(11-23)9-14(19)12-24)21-17-7-2-1-5-15(17)16-6-3-4-8-20(16)25-21/h1-10H. The Morgan fingerprint density at radius 1 is 0.760 bits per heavy atom. The van der Waals surface area contributed by atoms with Gasteiger partial charge in [0.25, 0.3) is 0 Å². The molecule has 0 radical (unpaired) electrons. The molecule has 0 aliphatic rings. The molecule has 4 rings (SSSR count). The van der Waals surface area contributed by atoms with E-state index in [1.54, 1.807) is 6.07 Å². The highest BCUT2D eigenvalue weighted by atomic mass is 19.1. The third-order valence-corrected chi connectivity index (χ3v) is 4.21. The second-order valence-corrected chi connectivity index (χ2v) is 5.62. The normalized spacial score (nSPS) is 10.5. The number of nitrogens with zero attached hydrogens (tertiary/aromatic N) is 3. The van der Waals surface area contributed by atoms with Crippen molar-refractivity contribution in [3.63, 3.8) is 0 Å². The van der Waals surface area contributed by atoms with E-state index < -0.39 is 5.82 Å². The molecule has 0 unspecified atom stereocenters. The second kappa shape index (κ2) is 5.70. The van der Waals surface area contributed by atoms with Gasteiger partial charge in [0.2, 0.25) is 0 Å². The molecule has 0 N–H and O–H groups in total. The molecule has 0 aliphatic heterocycles. The topological polar surface area (TPSA) is 60.5 Å². The molecule has 0 aliphatic carbocycles. The smallest absolute Gasteiger partial charge is 0.141 e. The van der Waals surface area contributed by atoms with Crippen LogP contribution in [0.5, 0.6) is 0 Å². The molecule has 3 aromatic carbocycles. The first-order valence-electron chi connectivity index (χ1n) is 7.64. The lowest BCUT2D eigenvalue weighted by Gasteiger charge is -2.11. The molecular weight excluding hydrogens is 313 g/mol. The van der Waals surface area contributed by atoms with Crippen molar-refractivity contribution in [1.82, 2.24) is 4.98 Å². The molecule has 0 fully saturated rings. The van der Waals surface area contributed by atoms with E-state index in [-0.39, 0.29) is 11.1 Å². The van der Waals surface area contributed by atoms with Crippen LogP contribution < -0.4 is 0 Å². The van der Waals surface area contributed by atoms with Crippen LogP contribution in [0.15, 0.2) is 60.7 Å². The summed E-state index contributed by atoms with van der Waals surface area (Å²) in [6, 6.07) is 21.7. The number of rotatable bonds is 1. The summed E-state index contributed by atoms with van der Waals surface area (Å²) in [6.07, 6.45) is 0. The maximum Gasteiger partial charge on any atom is 0.141 e. The van der Waals surface area contributed by atoms with Crippen molar-refractivity contribution in [2.75, 3.05) is 0 Å². The van der Waals surface area contributed by atoms with Crippen molar-refractivity contribution in [3.8, 4) is 23.4 Å². The first-order valence-corrected chi connectivity index (χ1v) is 7.64. The van der Waals surface area contributed by atoms with Gasteiger partial charge in [-0.1, -0.05) is 42.5 Å². The summed E-state index contributed by atoms with van der Waals surface area (Å²) in [5, 5.41) is 21.3. The molecule has 0 spiro atoms. The fourth-order valence-corrected chi connectivity index (χ4v) is 3.06. The highest BCUT2D eigenvalue weighted by Gasteiger charge is 2.16. The van der Waals surface area contributed by atoms with E-state index in [4.69, 9.17) is 5.26 Å². The van der Waals surface area contributed by atoms with Gasteiger partial charge in [-0.05, 0) is 23.6 Å². The first-order chi connectivity index (χ1) is 12.2. The molecule has 0 amide bonds. The lowest BCUT2D eigenvalue weighted by atomic mass is 9.96. The maximum atomic E-state index is 14.2. The number of pyridine rings is 1. The van der Waals surface area contributed by atoms with Crippen LogP contribution in [0.4, 0.5) is 4.39 Å². The largest absolute Gasteiger partial charge is 0.247 e. The molecule has 3 nitrogen and oxygen atoms in total. The summed E-state index contributed by atoms with van der Waals surface area (Å²) in [5.74, 6) is -0.657. The molecule has 4 aromatic rings. The predicted octanol–water partition coefficient (Wildman–Crippen LogP) is 4.94. The molecule has 116 valence electrons. The Bertz CT molecular complexity index is 1230. The van der Waals surface area contributed by atoms with Gasteiger partial charge in [0.05, 0.1) is 28.4 Å². The van der Waals surface area contributed by atoms with Gasteiger partial charge in [-0.3, -0.25) is 0 Å². The molecule has 1 heterocycles. The predicted molar refractivity (Wildman–Crippen MR) is 94.1 cm³/mol. The Labute approximate surface area is 143 Å². The van der Waals surface area contributed by atoms with Crippen molar-refractivity contribution in [2.24, 2.45) is 0 Å². The Kier molecular flexibility index (Phi) is 3.38. The molecule has 1 aromatic heterocycles. The quantitative estimate of drug-likeness (QED) is 0.466. The van der Waals surface area contributed by atoms with E-state index in [0.717, 1.165) is 21.7 Å². The molecule has 0 saturated carbocycles. The number of hydrogen-bond donors (Lipinski definition) is 0. The summed E-state index contributed by atoms with van der Waals surface area (Å²) in [6.45, 7) is 0. The first kappa shape index (κ1) is 14.8. The van der Waals surface area contributed by atoms with Crippen molar-refractivity contribution < 1.29 is 4.39 Å². The summed E-state index contributed by atoms with van der Waals surface area (Å²) >= 11 is 0. The van der Waals surface area contributed by atoms with Crippen molar-refractivity contribution >= 4 is 21.7 Å². The number of halogens is 1. The zero-order chi connectivity index (χ0) is 17.4. The molecule has 0 saturated heterocycles. The van der Waals surface area contributed by atoms with Crippen LogP contribution in [0.2, 0.25) is 0 Å². The monoisotopic (exact) mass is 323 g/mol. The van der Waals surface area contributed by atoms with E-state index in [1.165, 1.54) is 12.1 Å². The fourth-order valence-electron chi connectivity index (χ4n) is 3.06. The number of benzene rings is 3. The summed E-state index contributed by atoms with van der Waals surface area (Å²) in [5.41, 5.74) is 1.77. The maximum absolute atomic E-state index is 14.2. The highest BCUT2D eigenvalue weighted by molar-refractivity contribution is 6.11. The number of para-hydroxylation sites is 1. The Balaban J connectivity index is 2.16. The van der Waals surface area contributed by atoms with E-state index in [1.807, 2.05) is 48.5 Å². The van der Waals surface area contributed by atoms with Gasteiger partial charge in [-0.25, -0.2) is 9.37 Å². The highest BCUT2D eigenvalue weighted by Crippen LogP contribution is 2.34. The van der Waals surface area contributed by atoms with Crippen molar-refractivity contribution in [1.29, 1.82) is 10.5 Å². The van der Waals surface area contributed by atoms with Crippen molar-refractivity contribution in [2.45, 2.75) is 0 Å². The SMILES string of the molecule is N#Cc1cc(C#N)c(-c2nc3ccccc3c3ccccc23)cc1F. The Morgan fingerprint density at radius 2 is 1.40 bits per heavy atom. The van der Waals surface area contributed by atoms with Crippen LogP contribution >= 0.6 is 0 Å². The molecular formula is C21H10FN3. The van der Waals surface area contributed by atoms with Gasteiger partial charge in [-0.15, -0.1) is 0 Å². The number of hydrogen-bond acceptors (Lipinski definition) is 3. The van der Waals surface area contributed by atoms with Crippen LogP contribution in [-0.2, 0) is 0 Å². The van der Waals surface area contributed by atoms with Gasteiger partial charge in [0.15, 0.2) is 0 Å². The Hall–Kier alpha value is -3.76. The van der Waals surface area contributed by atoms with Gasteiger partial charge in [0, 0.05) is 16.3 Å². The van der Waals surface area contributed by atoms with E-state index in [9.17, 15) is 9.65 Å². The van der Waals surface area contributed by atoms with E-state index in [0.29, 0.717) is 11.3 Å². The van der Waals surface area contributed by atoms with Crippen LogP contribution in [0.3, 0.4) is 0 Å². The minimum atomic E-state index is -0.657. The molecule has 0 atom stereocenters. The van der Waals surface area contributed by atoms with E-state index in [2.05, 4.69) is 11.1 Å². The molecule has 0 bridgehead atoms. The van der Waals surface area contributed by atoms with Crippen LogP contribution in [-0.4, -0.2) is 4.98 Å². The van der Waals surface area contributed by atoms with Crippen molar-refractivity contribution in [3.05, 3.63) is 77.6 Å². The number of fused-ring (bicyclic) bond motifs is 3. The number of nitriles is 2. The fraction of sp³-hybridized carbons (Fsp3) is 0. The third kappa shape index (κ3) is 2.29. The summed E-state index contributed by atoms with van der Waals surface area (Å²) in [4.78, 5) is 4.68. The molecule has 25 heavy (non-hydrogen) atoms. The minimum absolute atomic E-state index is 0.148. The zero-order valence-electron chi connectivity index (χ0n) is 13.0. The lowest BCUT2D eigenvalue weighted by Crippen LogP contribution is -1.95. The Morgan fingerprint density at radius 3 is 2.12 bits per heavy atom. The van der Waals surface area contributed by atoms with Crippen LogP contribution in [0.1, 0.15) is 11.1 Å². The van der Waals surface area contributed by atoms with Gasteiger partial charge in [0.1, 0.15) is 11.9 Å². The molecule has 4 heteroatoms. The third-order valence-electron chi connectivity index (χ3n) is 4.21. The average Bonchev–Trinajstić information content (AvgIpc) is 2.67. The van der Waals surface area contributed by atoms with E-state index >= 15 is 0 Å². The zero-order valence-corrected chi connectivity index (χ0v) is 13.0. The van der Waals surface area contributed by atoms with Crippen LogP contribution in [0, 0.1) is 28.5 Å². The average molecular weight is 323 g/mol. The second-order valence-electron chi connectivity index (χ2n) is 5.62. The summed E-state index contributed by atoms with van der Waals surface area (Å²) in [7, 11) is 0.